The van der Waals surface area contributed by atoms with Crippen LogP contribution in [0, 0.1) is 0 Å². The van der Waals surface area contributed by atoms with Crippen molar-refractivity contribution < 1.29 is 9.90 Å². The molecule has 0 spiro atoms. The van der Waals surface area contributed by atoms with Gasteiger partial charge in [-0.2, -0.15) is 5.10 Å². The van der Waals surface area contributed by atoms with Crippen LogP contribution in [0.1, 0.15) is 35.0 Å². The number of carbonyl (C=O) groups is 1. The van der Waals surface area contributed by atoms with Gasteiger partial charge in [0.1, 0.15) is 5.69 Å². The predicted octanol–water partition coefficient (Wildman–Crippen LogP) is 1.88. The van der Waals surface area contributed by atoms with E-state index in [1.165, 1.54) is 0 Å². The molecular formula is C14H15N3O2. The van der Waals surface area contributed by atoms with Crippen LogP contribution in [0.5, 0.6) is 0 Å². The number of carbonyl (C=O) groups excluding carboxylic acids is 1. The van der Waals surface area contributed by atoms with Crippen LogP contribution in [-0.4, -0.2) is 27.8 Å². The van der Waals surface area contributed by atoms with E-state index in [1.54, 1.807) is 17.2 Å². The lowest BCUT2D eigenvalue weighted by Crippen LogP contribution is -2.32. The van der Waals surface area contributed by atoms with Crippen molar-refractivity contribution >= 4 is 11.6 Å². The molecule has 98 valence electrons. The van der Waals surface area contributed by atoms with E-state index in [0.717, 1.165) is 17.7 Å². The minimum absolute atomic E-state index is 0.112. The predicted molar refractivity (Wildman–Crippen MR) is 70.9 cm³/mol. The van der Waals surface area contributed by atoms with Crippen molar-refractivity contribution in [1.82, 2.24) is 10.2 Å². The Labute approximate surface area is 110 Å². The summed E-state index contributed by atoms with van der Waals surface area (Å²) in [6.07, 6.45) is 2.50. The van der Waals surface area contributed by atoms with Crippen molar-refractivity contribution in [3.05, 3.63) is 47.8 Å². The van der Waals surface area contributed by atoms with Crippen LogP contribution in [0.3, 0.4) is 0 Å². The van der Waals surface area contributed by atoms with Gasteiger partial charge in [0, 0.05) is 24.0 Å². The quantitative estimate of drug-likeness (QED) is 0.819. The summed E-state index contributed by atoms with van der Waals surface area (Å²) in [5.41, 5.74) is 2.06. The molecular weight excluding hydrogens is 242 g/mol. The molecule has 0 fully saturated rings. The highest BCUT2D eigenvalue weighted by Gasteiger charge is 2.26. The maximum absolute atomic E-state index is 12.5. The van der Waals surface area contributed by atoms with Gasteiger partial charge in [-0.25, -0.2) is 0 Å². The number of hydrogen-bond donors (Lipinski definition) is 2. The Balaban J connectivity index is 2.02. The average molecular weight is 257 g/mol. The lowest BCUT2D eigenvalue weighted by Gasteiger charge is -2.22. The van der Waals surface area contributed by atoms with Gasteiger partial charge in [0.15, 0.2) is 0 Å². The summed E-state index contributed by atoms with van der Waals surface area (Å²) in [5, 5.41) is 16.6. The van der Waals surface area contributed by atoms with Gasteiger partial charge in [0.25, 0.3) is 5.91 Å². The van der Waals surface area contributed by atoms with E-state index in [2.05, 4.69) is 10.2 Å². The first-order valence-corrected chi connectivity index (χ1v) is 6.35. The van der Waals surface area contributed by atoms with E-state index in [9.17, 15) is 9.90 Å². The Morgan fingerprint density at radius 2 is 2.21 bits per heavy atom. The highest BCUT2D eigenvalue weighted by atomic mass is 16.3. The molecule has 0 aliphatic carbocycles. The molecule has 3 rings (SSSR count). The number of nitrogens with zero attached hydrogens (tertiary/aromatic N) is 2. The van der Waals surface area contributed by atoms with E-state index in [4.69, 9.17) is 0 Å². The molecule has 0 radical (unpaired) electrons. The standard InChI is InChI=1S/C14H15N3O2/c18-13-6-3-9-17(12-5-2-1-4-10(12)13)14(19)11-7-8-15-16-11/h1-2,4-5,7-8,13,18H,3,6,9H2,(H,15,16). The number of hydrogen-bond acceptors (Lipinski definition) is 3. The number of rotatable bonds is 1. The van der Waals surface area contributed by atoms with Gasteiger partial charge in [-0.1, -0.05) is 18.2 Å². The molecule has 19 heavy (non-hydrogen) atoms. The molecule has 1 aromatic carbocycles. The maximum Gasteiger partial charge on any atom is 0.276 e. The van der Waals surface area contributed by atoms with Gasteiger partial charge in [-0.05, 0) is 25.0 Å². The first-order chi connectivity index (χ1) is 9.27. The molecule has 1 aliphatic heterocycles. The minimum atomic E-state index is -0.504. The molecule has 1 aromatic heterocycles. The van der Waals surface area contributed by atoms with E-state index >= 15 is 0 Å². The first kappa shape index (κ1) is 11.9. The monoisotopic (exact) mass is 257 g/mol. The molecule has 5 heteroatoms. The fourth-order valence-electron chi connectivity index (χ4n) is 2.47. The largest absolute Gasteiger partial charge is 0.388 e. The van der Waals surface area contributed by atoms with E-state index in [0.29, 0.717) is 18.7 Å². The number of fused-ring (bicyclic) bond motifs is 1. The number of aliphatic hydroxyl groups is 1. The Bertz CT molecular complexity index is 580. The van der Waals surface area contributed by atoms with E-state index in [-0.39, 0.29) is 5.91 Å². The number of aromatic amines is 1. The number of aliphatic hydroxyl groups excluding tert-OH is 1. The number of nitrogens with one attached hydrogen (secondary N) is 1. The van der Waals surface area contributed by atoms with E-state index < -0.39 is 6.10 Å². The summed E-state index contributed by atoms with van der Waals surface area (Å²) in [6.45, 7) is 0.603. The Kier molecular flexibility index (Phi) is 3.05. The second kappa shape index (κ2) is 4.85. The highest BCUT2D eigenvalue weighted by Crippen LogP contribution is 2.33. The molecule has 1 atom stereocenters. The van der Waals surface area contributed by atoms with E-state index in [1.807, 2.05) is 24.3 Å². The molecule has 5 nitrogen and oxygen atoms in total. The summed E-state index contributed by atoms with van der Waals surface area (Å²) in [6, 6.07) is 9.17. The number of benzene rings is 1. The molecule has 0 bridgehead atoms. The molecule has 0 saturated carbocycles. The van der Waals surface area contributed by atoms with Crippen LogP contribution >= 0.6 is 0 Å². The van der Waals surface area contributed by atoms with Crippen LogP contribution < -0.4 is 4.90 Å². The molecule has 2 heterocycles. The van der Waals surface area contributed by atoms with Gasteiger partial charge in [0.2, 0.25) is 0 Å². The maximum atomic E-state index is 12.5. The fourth-order valence-corrected chi connectivity index (χ4v) is 2.47. The van der Waals surface area contributed by atoms with Crippen LogP contribution in [-0.2, 0) is 0 Å². The average Bonchev–Trinajstić information content (AvgIpc) is 2.91. The van der Waals surface area contributed by atoms with Crippen LogP contribution in [0.15, 0.2) is 36.5 Å². The summed E-state index contributed by atoms with van der Waals surface area (Å²) in [5.74, 6) is -0.112. The minimum Gasteiger partial charge on any atom is -0.388 e. The molecule has 1 amide bonds. The van der Waals surface area contributed by atoms with Gasteiger partial charge in [0.05, 0.1) is 6.10 Å². The van der Waals surface area contributed by atoms with Crippen molar-refractivity contribution in [3.63, 3.8) is 0 Å². The lowest BCUT2D eigenvalue weighted by atomic mass is 10.0. The smallest absolute Gasteiger partial charge is 0.276 e. The topological polar surface area (TPSA) is 69.2 Å². The molecule has 1 aliphatic rings. The summed E-state index contributed by atoms with van der Waals surface area (Å²) >= 11 is 0. The number of anilines is 1. The fraction of sp³-hybridized carbons (Fsp3) is 0.286. The second-order valence-corrected chi connectivity index (χ2v) is 4.64. The normalized spacial score (nSPS) is 18.8. The third-order valence-corrected chi connectivity index (χ3v) is 3.42. The zero-order chi connectivity index (χ0) is 13.2. The molecule has 2 N–H and O–H groups in total. The number of aromatic nitrogens is 2. The van der Waals surface area contributed by atoms with Crippen molar-refractivity contribution in [2.45, 2.75) is 18.9 Å². The Hall–Kier alpha value is -2.14. The third-order valence-electron chi connectivity index (χ3n) is 3.42. The van der Waals surface area contributed by atoms with Crippen LogP contribution in [0.2, 0.25) is 0 Å². The number of amides is 1. The number of H-pyrrole nitrogens is 1. The Morgan fingerprint density at radius 3 is 3.00 bits per heavy atom. The van der Waals surface area contributed by atoms with Gasteiger partial charge in [-0.15, -0.1) is 0 Å². The van der Waals surface area contributed by atoms with Gasteiger partial charge >= 0.3 is 0 Å². The Morgan fingerprint density at radius 1 is 1.37 bits per heavy atom. The second-order valence-electron chi connectivity index (χ2n) is 4.64. The molecule has 2 aromatic rings. The highest BCUT2D eigenvalue weighted by molar-refractivity contribution is 6.05. The van der Waals surface area contributed by atoms with Crippen molar-refractivity contribution in [3.8, 4) is 0 Å². The summed E-state index contributed by atoms with van der Waals surface area (Å²) < 4.78 is 0. The first-order valence-electron chi connectivity index (χ1n) is 6.35. The third kappa shape index (κ3) is 2.13. The molecule has 1 unspecified atom stereocenters. The van der Waals surface area contributed by atoms with Crippen LogP contribution in [0.25, 0.3) is 0 Å². The zero-order valence-corrected chi connectivity index (χ0v) is 10.4. The summed E-state index contributed by atoms with van der Waals surface area (Å²) in [4.78, 5) is 14.2. The number of para-hydroxylation sites is 1. The SMILES string of the molecule is O=C(c1ccn[nH]1)N1CCCC(O)c2ccccc21. The van der Waals surface area contributed by atoms with Gasteiger partial charge < -0.3 is 10.0 Å². The molecule has 0 saturated heterocycles. The van der Waals surface area contributed by atoms with Gasteiger partial charge in [-0.3, -0.25) is 9.89 Å². The van der Waals surface area contributed by atoms with Crippen molar-refractivity contribution in [2.75, 3.05) is 11.4 Å². The summed E-state index contributed by atoms with van der Waals surface area (Å²) in [7, 11) is 0. The van der Waals surface area contributed by atoms with Crippen molar-refractivity contribution in [2.24, 2.45) is 0 Å². The lowest BCUT2D eigenvalue weighted by molar-refractivity contribution is 0.0982. The van der Waals surface area contributed by atoms with Crippen LogP contribution in [0.4, 0.5) is 5.69 Å². The van der Waals surface area contributed by atoms with Crippen molar-refractivity contribution in [1.29, 1.82) is 0 Å². The zero-order valence-electron chi connectivity index (χ0n) is 10.4.